The number of benzene rings is 4. The Hall–Kier alpha value is -5.50. The molecule has 0 aliphatic heterocycles. The van der Waals surface area contributed by atoms with Crippen LogP contribution in [-0.2, 0) is 19.1 Å². The van der Waals surface area contributed by atoms with E-state index >= 15 is 0 Å². The Morgan fingerprint density at radius 2 is 0.820 bits per heavy atom. The fourth-order valence-electron chi connectivity index (χ4n) is 5.19. The van der Waals surface area contributed by atoms with Gasteiger partial charge in [-0.1, -0.05) is 49.6 Å². The monoisotopic (exact) mass is 678 g/mol. The number of hydrogen-bond acceptors (Lipinski definition) is 8. The second-order valence-corrected chi connectivity index (χ2v) is 12.4. The van der Waals surface area contributed by atoms with E-state index in [0.717, 1.165) is 33.4 Å². The van der Waals surface area contributed by atoms with E-state index in [1.807, 2.05) is 88.4 Å². The molecule has 8 heteroatoms. The maximum Gasteiger partial charge on any atom is 0.333 e. The van der Waals surface area contributed by atoms with Crippen LogP contribution in [0.15, 0.2) is 109 Å². The Morgan fingerprint density at radius 3 is 1.12 bits per heavy atom. The average Bonchev–Trinajstić information content (AvgIpc) is 3.09. The molecule has 4 aromatic rings. The molecule has 0 aromatic heterocycles. The van der Waals surface area contributed by atoms with Crippen molar-refractivity contribution in [3.63, 3.8) is 0 Å². The number of carbonyl (C=O) groups is 2. The van der Waals surface area contributed by atoms with Gasteiger partial charge in [0.2, 0.25) is 0 Å². The molecule has 0 N–H and O–H groups in total. The van der Waals surface area contributed by atoms with E-state index in [-0.39, 0.29) is 26.4 Å². The number of para-hydroxylation sites is 2. The first-order valence-corrected chi connectivity index (χ1v) is 16.5. The van der Waals surface area contributed by atoms with E-state index in [1.54, 1.807) is 13.8 Å². The number of ether oxygens (including phenoxy) is 6. The molecule has 0 radical (unpaired) electrons. The minimum Gasteiger partial charge on any atom is -0.490 e. The lowest BCUT2D eigenvalue weighted by Crippen LogP contribution is -2.31. The molecule has 262 valence electrons. The molecule has 0 amide bonds. The van der Waals surface area contributed by atoms with Crippen LogP contribution in [0.25, 0.3) is 11.1 Å². The summed E-state index contributed by atoms with van der Waals surface area (Å²) in [7, 11) is 0. The summed E-state index contributed by atoms with van der Waals surface area (Å²) in [6.45, 7) is 19.0. The molecule has 0 saturated carbocycles. The predicted molar refractivity (Wildman–Crippen MR) is 195 cm³/mol. The fraction of sp³-hybridized carbons (Fsp3) is 0.286. The van der Waals surface area contributed by atoms with Crippen molar-refractivity contribution in [1.29, 1.82) is 0 Å². The second kappa shape index (κ2) is 17.8. The van der Waals surface area contributed by atoms with Gasteiger partial charge in [0, 0.05) is 11.1 Å². The molecule has 0 saturated heterocycles. The topological polar surface area (TPSA) is 89.5 Å². The molecule has 0 aliphatic carbocycles. The number of aryl methyl sites for hydroxylation is 4. The van der Waals surface area contributed by atoms with Crippen LogP contribution in [0.3, 0.4) is 0 Å². The zero-order valence-electron chi connectivity index (χ0n) is 29.7. The van der Waals surface area contributed by atoms with Gasteiger partial charge in [0.1, 0.15) is 49.4 Å². The summed E-state index contributed by atoms with van der Waals surface area (Å²) in [5, 5.41) is 0. The maximum atomic E-state index is 12.3. The van der Waals surface area contributed by atoms with Crippen LogP contribution in [0.2, 0.25) is 0 Å². The molecule has 2 atom stereocenters. The van der Waals surface area contributed by atoms with Gasteiger partial charge >= 0.3 is 11.9 Å². The van der Waals surface area contributed by atoms with Gasteiger partial charge < -0.3 is 28.4 Å². The summed E-state index contributed by atoms with van der Waals surface area (Å²) < 4.78 is 35.5. The summed E-state index contributed by atoms with van der Waals surface area (Å²) in [6, 6.07) is 27.0. The van der Waals surface area contributed by atoms with E-state index in [0.29, 0.717) is 34.1 Å². The molecule has 0 heterocycles. The van der Waals surface area contributed by atoms with Crippen molar-refractivity contribution >= 4 is 11.9 Å². The highest BCUT2D eigenvalue weighted by molar-refractivity contribution is 5.87. The fourth-order valence-corrected chi connectivity index (χ4v) is 5.19. The Morgan fingerprint density at radius 1 is 0.520 bits per heavy atom. The van der Waals surface area contributed by atoms with Gasteiger partial charge in [-0.25, -0.2) is 9.59 Å². The van der Waals surface area contributed by atoms with Crippen LogP contribution in [0.5, 0.6) is 23.0 Å². The Bertz CT molecular complexity index is 1620. The third-order valence-electron chi connectivity index (χ3n) is 7.68. The minimum atomic E-state index is -0.649. The lowest BCUT2D eigenvalue weighted by molar-refractivity contribution is -0.148. The van der Waals surface area contributed by atoms with Gasteiger partial charge in [-0.15, -0.1) is 0 Å². The van der Waals surface area contributed by atoms with Gasteiger partial charge in [0.05, 0.1) is 0 Å². The smallest absolute Gasteiger partial charge is 0.333 e. The van der Waals surface area contributed by atoms with Crippen molar-refractivity contribution in [1.82, 2.24) is 0 Å². The number of rotatable bonds is 17. The lowest BCUT2D eigenvalue weighted by Gasteiger charge is -2.22. The van der Waals surface area contributed by atoms with Gasteiger partial charge in [0.25, 0.3) is 0 Å². The highest BCUT2D eigenvalue weighted by Gasteiger charge is 2.21. The van der Waals surface area contributed by atoms with Crippen LogP contribution < -0.4 is 18.9 Å². The molecule has 2 unspecified atom stereocenters. The normalized spacial score (nSPS) is 11.9. The number of carbonyl (C=O) groups excluding carboxylic acids is 2. The first kappa shape index (κ1) is 37.3. The predicted octanol–water partition coefficient (Wildman–Crippen LogP) is 8.48. The Kier molecular flexibility index (Phi) is 13.3. The van der Waals surface area contributed by atoms with Crippen molar-refractivity contribution in [3.05, 3.63) is 131 Å². The van der Waals surface area contributed by atoms with Crippen molar-refractivity contribution in [2.45, 2.75) is 53.8 Å². The molecule has 4 rings (SSSR count). The largest absolute Gasteiger partial charge is 0.490 e. The first-order valence-electron chi connectivity index (χ1n) is 16.5. The molecule has 8 nitrogen and oxygen atoms in total. The van der Waals surface area contributed by atoms with Gasteiger partial charge in [-0.05, 0) is 123 Å². The first-order chi connectivity index (χ1) is 23.9. The SMILES string of the molecule is C=C(C)C(=O)OC(COc1ccccc1)COc1c(C)cc(-c2cc(C)c(OCC(COc3ccccc3)OC(=O)C(=C)C)c(C)c2)cc1C. The van der Waals surface area contributed by atoms with E-state index < -0.39 is 24.1 Å². The highest BCUT2D eigenvalue weighted by Crippen LogP contribution is 2.34. The van der Waals surface area contributed by atoms with E-state index in [9.17, 15) is 9.59 Å². The lowest BCUT2D eigenvalue weighted by atomic mass is 9.96. The molecular weight excluding hydrogens is 632 g/mol. The number of esters is 2. The summed E-state index contributed by atoms with van der Waals surface area (Å²) in [5.74, 6) is 1.77. The zero-order chi connectivity index (χ0) is 36.2. The molecule has 0 spiro atoms. The quantitative estimate of drug-likeness (QED) is 0.0812. The zero-order valence-corrected chi connectivity index (χ0v) is 29.7. The van der Waals surface area contributed by atoms with E-state index in [2.05, 4.69) is 37.4 Å². The molecule has 4 aromatic carbocycles. The van der Waals surface area contributed by atoms with Crippen molar-refractivity contribution < 1.29 is 38.0 Å². The molecule has 0 fully saturated rings. The van der Waals surface area contributed by atoms with Crippen molar-refractivity contribution in [2.24, 2.45) is 0 Å². The third kappa shape index (κ3) is 10.8. The van der Waals surface area contributed by atoms with Gasteiger partial charge in [-0.3, -0.25) is 0 Å². The van der Waals surface area contributed by atoms with Crippen LogP contribution in [0.4, 0.5) is 0 Å². The summed E-state index contributed by atoms with van der Waals surface area (Å²) >= 11 is 0. The highest BCUT2D eigenvalue weighted by atomic mass is 16.6. The summed E-state index contributed by atoms with van der Waals surface area (Å²) in [6.07, 6.45) is -1.30. The minimum absolute atomic E-state index is 0.107. The number of hydrogen-bond donors (Lipinski definition) is 0. The van der Waals surface area contributed by atoms with Crippen LogP contribution in [0, 0.1) is 27.7 Å². The molecular formula is C42H46O8. The van der Waals surface area contributed by atoms with Crippen LogP contribution in [-0.4, -0.2) is 50.6 Å². The third-order valence-corrected chi connectivity index (χ3v) is 7.68. The van der Waals surface area contributed by atoms with E-state index in [1.165, 1.54) is 0 Å². The van der Waals surface area contributed by atoms with Crippen molar-refractivity contribution in [2.75, 3.05) is 26.4 Å². The van der Waals surface area contributed by atoms with E-state index in [4.69, 9.17) is 28.4 Å². The Labute approximate surface area is 295 Å². The maximum absolute atomic E-state index is 12.3. The van der Waals surface area contributed by atoms with Crippen molar-refractivity contribution in [3.8, 4) is 34.1 Å². The second-order valence-electron chi connectivity index (χ2n) is 12.4. The Balaban J connectivity index is 1.45. The van der Waals surface area contributed by atoms with Crippen LogP contribution >= 0.6 is 0 Å². The molecule has 0 aliphatic rings. The average molecular weight is 679 g/mol. The summed E-state index contributed by atoms with van der Waals surface area (Å²) in [5.41, 5.74) is 6.39. The van der Waals surface area contributed by atoms with Gasteiger partial charge in [-0.2, -0.15) is 0 Å². The standard InChI is InChI=1S/C42H46O8/c1-27(2)41(43)49-37(23-45-35-15-11-9-12-16-35)25-47-39-29(5)19-33(20-30(39)6)34-21-31(7)40(32(8)22-34)48-26-38(50-42(44)28(3)4)24-46-36-17-13-10-14-18-36/h9-22,37-38H,1,3,23-26H2,2,4-8H3. The molecule has 50 heavy (non-hydrogen) atoms. The van der Waals surface area contributed by atoms with Crippen LogP contribution in [0.1, 0.15) is 36.1 Å². The van der Waals surface area contributed by atoms with Gasteiger partial charge in [0.15, 0.2) is 12.2 Å². The summed E-state index contributed by atoms with van der Waals surface area (Å²) in [4.78, 5) is 24.7. The molecule has 0 bridgehead atoms.